The first-order valence-electron chi connectivity index (χ1n) is 13.6. The summed E-state index contributed by atoms with van der Waals surface area (Å²) < 4.78 is 12.0. The Kier molecular flexibility index (Phi) is 5.94. The first-order chi connectivity index (χ1) is 19.6. The van der Waals surface area contributed by atoms with Gasteiger partial charge < -0.3 is 8.83 Å². The minimum atomic E-state index is 0.946. The second kappa shape index (κ2) is 9.91. The average molecular weight is 517 g/mol. The van der Waals surface area contributed by atoms with Gasteiger partial charge in [0.25, 0.3) is 0 Å². The number of hydrogen-bond donors (Lipinski definition) is 0. The highest BCUT2D eigenvalue weighted by atomic mass is 16.3. The lowest BCUT2D eigenvalue weighted by molar-refractivity contribution is 0.669. The molecule has 2 heteroatoms. The van der Waals surface area contributed by atoms with Crippen LogP contribution in [0.15, 0.2) is 142 Å². The lowest BCUT2D eigenvalue weighted by Gasteiger charge is -2.03. The van der Waals surface area contributed by atoms with Gasteiger partial charge in [-0.05, 0) is 54.8 Å². The molecule has 0 aliphatic rings. The second-order valence-electron chi connectivity index (χ2n) is 10.3. The van der Waals surface area contributed by atoms with Gasteiger partial charge in [-0.25, -0.2) is 0 Å². The van der Waals surface area contributed by atoms with E-state index in [1.54, 1.807) is 0 Å². The molecular weight excluding hydrogens is 488 g/mol. The van der Waals surface area contributed by atoms with Gasteiger partial charge in [0.1, 0.15) is 22.3 Å². The van der Waals surface area contributed by atoms with E-state index in [4.69, 9.17) is 8.83 Å². The molecule has 0 bridgehead atoms. The predicted molar refractivity (Wildman–Crippen MR) is 168 cm³/mol. The number of fused-ring (bicyclic) bond motifs is 6. The van der Waals surface area contributed by atoms with Gasteiger partial charge in [0, 0.05) is 27.1 Å². The van der Waals surface area contributed by atoms with E-state index in [1.807, 2.05) is 30.3 Å². The number of furan rings is 2. The molecule has 0 atom stereocenters. The van der Waals surface area contributed by atoms with Crippen molar-refractivity contribution < 1.29 is 8.83 Å². The standard InChI is InChI=1S/2C19H14O/c1-13-9-11-14(12-10-13)15-6-4-7-17-16-5-2-3-8-18(16)20-19(15)17;1-13-6-8-14(9-7-13)15-10-11-17-16-4-2-3-5-18(16)20-19(17)12-15/h2*2-12H,1H3. The zero-order valence-corrected chi connectivity index (χ0v) is 22.5. The van der Waals surface area contributed by atoms with Gasteiger partial charge >= 0.3 is 0 Å². The summed E-state index contributed by atoms with van der Waals surface area (Å²) in [6.45, 7) is 4.21. The van der Waals surface area contributed by atoms with Crippen LogP contribution in [0.5, 0.6) is 0 Å². The smallest absolute Gasteiger partial charge is 0.143 e. The molecule has 0 aliphatic heterocycles. The van der Waals surface area contributed by atoms with Gasteiger partial charge in [-0.15, -0.1) is 0 Å². The summed E-state index contributed by atoms with van der Waals surface area (Å²) >= 11 is 0. The first kappa shape index (κ1) is 24.0. The van der Waals surface area contributed by atoms with Gasteiger partial charge in [0.05, 0.1) is 0 Å². The third-order valence-corrected chi connectivity index (χ3v) is 7.53. The van der Waals surface area contributed by atoms with Crippen molar-refractivity contribution >= 4 is 43.9 Å². The SMILES string of the molecule is Cc1ccc(-c2ccc3c(c2)oc2ccccc23)cc1.Cc1ccc(-c2cccc3c2oc2ccccc23)cc1. The molecule has 0 spiro atoms. The molecule has 0 saturated heterocycles. The molecule has 2 nitrogen and oxygen atoms in total. The highest BCUT2D eigenvalue weighted by Gasteiger charge is 2.11. The lowest BCUT2D eigenvalue weighted by atomic mass is 10.0. The number of hydrogen-bond acceptors (Lipinski definition) is 2. The van der Waals surface area contributed by atoms with E-state index < -0.39 is 0 Å². The topological polar surface area (TPSA) is 26.3 Å². The minimum absolute atomic E-state index is 0.946. The molecule has 0 unspecified atom stereocenters. The summed E-state index contributed by atoms with van der Waals surface area (Å²) in [6.07, 6.45) is 0. The van der Waals surface area contributed by atoms with Crippen molar-refractivity contribution in [1.82, 2.24) is 0 Å². The Morgan fingerprint density at radius 3 is 1.60 bits per heavy atom. The number of rotatable bonds is 2. The maximum absolute atomic E-state index is 6.07. The first-order valence-corrected chi connectivity index (χ1v) is 13.6. The van der Waals surface area contributed by atoms with E-state index >= 15 is 0 Å². The van der Waals surface area contributed by atoms with E-state index in [0.29, 0.717) is 0 Å². The van der Waals surface area contributed by atoms with Gasteiger partial charge in [-0.1, -0.05) is 120 Å². The predicted octanol–water partition coefficient (Wildman–Crippen LogP) is 11.1. The van der Waals surface area contributed by atoms with E-state index in [2.05, 4.69) is 117 Å². The Morgan fingerprint density at radius 2 is 0.900 bits per heavy atom. The Morgan fingerprint density at radius 1 is 0.375 bits per heavy atom. The summed E-state index contributed by atoms with van der Waals surface area (Å²) in [5.74, 6) is 0. The summed E-state index contributed by atoms with van der Waals surface area (Å²) in [5, 5.41) is 4.71. The van der Waals surface area contributed by atoms with E-state index in [-0.39, 0.29) is 0 Å². The second-order valence-corrected chi connectivity index (χ2v) is 10.3. The molecule has 0 radical (unpaired) electrons. The third-order valence-electron chi connectivity index (χ3n) is 7.53. The molecule has 0 fully saturated rings. The van der Waals surface area contributed by atoms with Crippen LogP contribution < -0.4 is 0 Å². The Bertz CT molecular complexity index is 2110. The molecule has 0 saturated carbocycles. The van der Waals surface area contributed by atoms with Crippen LogP contribution in [-0.2, 0) is 0 Å². The summed E-state index contributed by atoms with van der Waals surface area (Å²) in [7, 11) is 0. The molecule has 6 aromatic carbocycles. The monoisotopic (exact) mass is 516 g/mol. The Hall–Kier alpha value is -5.08. The van der Waals surface area contributed by atoms with Crippen LogP contribution in [-0.4, -0.2) is 0 Å². The summed E-state index contributed by atoms with van der Waals surface area (Å²) in [6, 6.07) is 46.3. The van der Waals surface area contributed by atoms with E-state index in [9.17, 15) is 0 Å². The molecule has 2 heterocycles. The van der Waals surface area contributed by atoms with Crippen LogP contribution in [0.1, 0.15) is 11.1 Å². The zero-order valence-electron chi connectivity index (χ0n) is 22.5. The molecule has 8 rings (SSSR count). The fourth-order valence-electron chi connectivity index (χ4n) is 5.36. The highest BCUT2D eigenvalue weighted by molar-refractivity contribution is 6.09. The van der Waals surface area contributed by atoms with Gasteiger partial charge in [0.2, 0.25) is 0 Å². The van der Waals surface area contributed by atoms with E-state index in [0.717, 1.165) is 27.9 Å². The minimum Gasteiger partial charge on any atom is -0.456 e. The van der Waals surface area contributed by atoms with Crippen molar-refractivity contribution in [2.45, 2.75) is 13.8 Å². The van der Waals surface area contributed by atoms with Crippen LogP contribution in [0.2, 0.25) is 0 Å². The largest absolute Gasteiger partial charge is 0.456 e. The fraction of sp³-hybridized carbons (Fsp3) is 0.0526. The highest BCUT2D eigenvalue weighted by Crippen LogP contribution is 2.36. The van der Waals surface area contributed by atoms with Gasteiger partial charge in [-0.3, -0.25) is 0 Å². The van der Waals surface area contributed by atoms with Crippen molar-refractivity contribution in [3.8, 4) is 22.3 Å². The summed E-state index contributed by atoms with van der Waals surface area (Å²) in [4.78, 5) is 0. The maximum atomic E-state index is 6.07. The average Bonchev–Trinajstić information content (AvgIpc) is 3.56. The van der Waals surface area contributed by atoms with Gasteiger partial charge in [-0.2, -0.15) is 0 Å². The number of aryl methyl sites for hydroxylation is 2. The molecule has 0 aliphatic carbocycles. The number of benzene rings is 6. The molecule has 40 heavy (non-hydrogen) atoms. The van der Waals surface area contributed by atoms with Crippen molar-refractivity contribution in [3.63, 3.8) is 0 Å². The molecule has 0 amide bonds. The van der Waals surface area contributed by atoms with Crippen molar-refractivity contribution in [2.75, 3.05) is 0 Å². The van der Waals surface area contributed by atoms with Gasteiger partial charge in [0.15, 0.2) is 0 Å². The van der Waals surface area contributed by atoms with Crippen LogP contribution in [0, 0.1) is 13.8 Å². The molecular formula is C38H28O2. The maximum Gasteiger partial charge on any atom is 0.143 e. The van der Waals surface area contributed by atoms with Crippen LogP contribution in [0.3, 0.4) is 0 Å². The van der Waals surface area contributed by atoms with Crippen molar-refractivity contribution in [2.24, 2.45) is 0 Å². The molecule has 0 N–H and O–H groups in total. The quantitative estimate of drug-likeness (QED) is 0.228. The van der Waals surface area contributed by atoms with Crippen LogP contribution in [0.4, 0.5) is 0 Å². The van der Waals surface area contributed by atoms with E-state index in [1.165, 1.54) is 49.4 Å². The molecule has 2 aromatic heterocycles. The normalized spacial score (nSPS) is 11.2. The number of para-hydroxylation sites is 3. The van der Waals surface area contributed by atoms with Crippen LogP contribution in [0.25, 0.3) is 66.1 Å². The van der Waals surface area contributed by atoms with Crippen molar-refractivity contribution in [1.29, 1.82) is 0 Å². The Labute approximate surface area is 233 Å². The fourth-order valence-corrected chi connectivity index (χ4v) is 5.36. The molecule has 8 aromatic rings. The third kappa shape index (κ3) is 4.34. The van der Waals surface area contributed by atoms with Crippen LogP contribution >= 0.6 is 0 Å². The zero-order chi connectivity index (χ0) is 27.1. The molecule has 192 valence electrons. The summed E-state index contributed by atoms with van der Waals surface area (Å²) in [5.41, 5.74) is 11.1. The Balaban J connectivity index is 0.000000132. The van der Waals surface area contributed by atoms with Crippen molar-refractivity contribution in [3.05, 3.63) is 145 Å². The lowest BCUT2D eigenvalue weighted by Crippen LogP contribution is -1.79.